The largest absolute Gasteiger partial charge is 0.375 e. The highest BCUT2D eigenvalue weighted by atomic mass is 16.7. The van der Waals surface area contributed by atoms with Crippen LogP contribution in [-0.4, -0.2) is 48.0 Å². The van der Waals surface area contributed by atoms with Crippen LogP contribution in [0, 0.1) is 18.8 Å². The Morgan fingerprint density at radius 3 is 2.48 bits per heavy atom. The molecule has 0 radical (unpaired) electrons. The first-order chi connectivity index (χ1) is 13.1. The maximum Gasteiger partial charge on any atom is 0.194 e. The van der Waals surface area contributed by atoms with Crippen molar-refractivity contribution in [1.29, 1.82) is 0 Å². The van der Waals surface area contributed by atoms with E-state index in [2.05, 4.69) is 41.3 Å². The first-order valence-corrected chi connectivity index (χ1v) is 9.63. The average Bonchev–Trinajstić information content (AvgIpc) is 3.21. The van der Waals surface area contributed by atoms with E-state index in [0.717, 1.165) is 32.2 Å². The Morgan fingerprint density at radius 2 is 1.89 bits per heavy atom. The van der Waals surface area contributed by atoms with E-state index in [4.69, 9.17) is 14.2 Å². The number of benzene rings is 1. The molecule has 148 valence electrons. The molecule has 1 aromatic heterocycles. The normalized spacial score (nSPS) is 24.8. The molecule has 1 aliphatic carbocycles. The number of rotatable bonds is 8. The second kappa shape index (κ2) is 8.95. The van der Waals surface area contributed by atoms with E-state index in [1.807, 2.05) is 4.68 Å². The van der Waals surface area contributed by atoms with Crippen LogP contribution in [0.2, 0.25) is 0 Å². The molecular formula is C21H31N3O3. The average molecular weight is 373 g/mol. The zero-order chi connectivity index (χ0) is 19.3. The summed E-state index contributed by atoms with van der Waals surface area (Å²) in [5.74, 6) is 0.0232. The Kier molecular flexibility index (Phi) is 6.63. The van der Waals surface area contributed by atoms with E-state index < -0.39 is 5.79 Å². The molecule has 1 heterocycles. The number of hydrogen-bond donors (Lipinski definition) is 0. The predicted octanol–water partition coefficient (Wildman–Crippen LogP) is 3.25. The van der Waals surface area contributed by atoms with Crippen LogP contribution < -0.4 is 0 Å². The van der Waals surface area contributed by atoms with Crippen LogP contribution in [0.5, 0.6) is 0 Å². The van der Waals surface area contributed by atoms with Crippen molar-refractivity contribution in [2.45, 2.75) is 51.0 Å². The van der Waals surface area contributed by atoms with Crippen LogP contribution >= 0.6 is 0 Å². The van der Waals surface area contributed by atoms with Crippen molar-refractivity contribution < 1.29 is 14.2 Å². The van der Waals surface area contributed by atoms with Gasteiger partial charge in [-0.15, -0.1) is 0 Å². The van der Waals surface area contributed by atoms with Crippen molar-refractivity contribution >= 4 is 0 Å². The predicted molar refractivity (Wildman–Crippen MR) is 103 cm³/mol. The van der Waals surface area contributed by atoms with E-state index in [1.54, 1.807) is 34.0 Å². The lowest BCUT2D eigenvalue weighted by atomic mass is 9.71. The summed E-state index contributed by atoms with van der Waals surface area (Å²) >= 11 is 0. The highest BCUT2D eigenvalue weighted by molar-refractivity contribution is 5.21. The van der Waals surface area contributed by atoms with Crippen molar-refractivity contribution in [3.8, 4) is 0 Å². The van der Waals surface area contributed by atoms with Crippen LogP contribution in [0.1, 0.15) is 30.4 Å². The molecule has 6 heteroatoms. The fraction of sp³-hybridized carbons (Fsp3) is 0.619. The smallest absolute Gasteiger partial charge is 0.194 e. The third-order valence-corrected chi connectivity index (χ3v) is 6.03. The van der Waals surface area contributed by atoms with Gasteiger partial charge in [0.2, 0.25) is 0 Å². The highest BCUT2D eigenvalue weighted by Gasteiger charge is 2.50. The molecule has 0 bridgehead atoms. The molecule has 1 aliphatic rings. The molecule has 2 aromatic rings. The molecule has 1 fully saturated rings. The molecule has 1 aromatic carbocycles. The van der Waals surface area contributed by atoms with E-state index in [1.165, 1.54) is 11.1 Å². The molecule has 3 atom stereocenters. The number of hydrogen-bond acceptors (Lipinski definition) is 5. The van der Waals surface area contributed by atoms with Crippen molar-refractivity contribution in [2.24, 2.45) is 11.8 Å². The Morgan fingerprint density at radius 1 is 1.15 bits per heavy atom. The first kappa shape index (κ1) is 20.0. The fourth-order valence-electron chi connectivity index (χ4n) is 4.44. The van der Waals surface area contributed by atoms with Gasteiger partial charge in [0.1, 0.15) is 18.8 Å². The minimum absolute atomic E-state index is 0.159. The Labute approximate surface area is 161 Å². The number of aromatic nitrogens is 3. The zero-order valence-corrected chi connectivity index (χ0v) is 16.8. The number of ether oxygens (including phenoxy) is 3. The standard InChI is InChI=1S/C21H31N3O3/c1-16-5-7-17(8-6-16)9-10-18-11-12-21(26-3,27-4)20(25-2)19(18)13-24-15-22-14-23-24/h5-8,14-15,18-20H,9-13H2,1-4H3/t18-,19+,20+/m1/s1. The second-order valence-electron chi connectivity index (χ2n) is 7.48. The molecular weight excluding hydrogens is 342 g/mol. The van der Waals surface area contributed by atoms with Crippen LogP contribution in [-0.2, 0) is 27.2 Å². The lowest BCUT2D eigenvalue weighted by Gasteiger charge is -2.48. The molecule has 0 spiro atoms. The summed E-state index contributed by atoms with van der Waals surface area (Å²) in [6, 6.07) is 8.82. The van der Waals surface area contributed by atoms with Gasteiger partial charge in [0.25, 0.3) is 0 Å². The third kappa shape index (κ3) is 4.39. The van der Waals surface area contributed by atoms with Crippen LogP contribution in [0.15, 0.2) is 36.9 Å². The molecule has 0 amide bonds. The molecule has 6 nitrogen and oxygen atoms in total. The van der Waals surface area contributed by atoms with Gasteiger partial charge in [0, 0.05) is 40.2 Å². The van der Waals surface area contributed by atoms with Gasteiger partial charge in [-0.3, -0.25) is 4.68 Å². The molecule has 3 rings (SSSR count). The maximum atomic E-state index is 5.94. The van der Waals surface area contributed by atoms with Gasteiger partial charge in [-0.25, -0.2) is 4.98 Å². The van der Waals surface area contributed by atoms with Crippen molar-refractivity contribution in [1.82, 2.24) is 14.8 Å². The quantitative estimate of drug-likeness (QED) is 0.665. The summed E-state index contributed by atoms with van der Waals surface area (Å²) in [4.78, 5) is 4.09. The van der Waals surface area contributed by atoms with Gasteiger partial charge in [0.05, 0.1) is 0 Å². The van der Waals surface area contributed by atoms with Gasteiger partial charge in [-0.1, -0.05) is 29.8 Å². The van der Waals surface area contributed by atoms with E-state index in [-0.39, 0.29) is 12.0 Å². The van der Waals surface area contributed by atoms with Crippen molar-refractivity contribution in [2.75, 3.05) is 21.3 Å². The lowest BCUT2D eigenvalue weighted by Crippen LogP contribution is -2.57. The molecule has 0 aliphatic heterocycles. The summed E-state index contributed by atoms with van der Waals surface area (Å²) in [6.07, 6.45) is 7.20. The SMILES string of the molecule is CO[C@H]1[C@@H](Cn2cncn2)[C@H](CCc2ccc(C)cc2)CCC1(OC)OC. The van der Waals surface area contributed by atoms with Gasteiger partial charge in [-0.05, 0) is 37.7 Å². The highest BCUT2D eigenvalue weighted by Crippen LogP contribution is 2.43. The zero-order valence-electron chi connectivity index (χ0n) is 16.8. The monoisotopic (exact) mass is 373 g/mol. The summed E-state index contributed by atoms with van der Waals surface area (Å²) in [5.41, 5.74) is 2.68. The van der Waals surface area contributed by atoms with Crippen molar-refractivity contribution in [3.63, 3.8) is 0 Å². The van der Waals surface area contributed by atoms with E-state index in [0.29, 0.717) is 5.92 Å². The van der Waals surface area contributed by atoms with Crippen LogP contribution in [0.4, 0.5) is 0 Å². The lowest BCUT2D eigenvalue weighted by molar-refractivity contribution is -0.298. The third-order valence-electron chi connectivity index (χ3n) is 6.03. The topological polar surface area (TPSA) is 58.4 Å². The summed E-state index contributed by atoms with van der Waals surface area (Å²) < 4.78 is 19.4. The molecule has 0 saturated heterocycles. The van der Waals surface area contributed by atoms with Gasteiger partial charge >= 0.3 is 0 Å². The van der Waals surface area contributed by atoms with E-state index in [9.17, 15) is 0 Å². The summed E-state index contributed by atoms with van der Waals surface area (Å²) in [5, 5.41) is 4.31. The van der Waals surface area contributed by atoms with E-state index >= 15 is 0 Å². The summed E-state index contributed by atoms with van der Waals surface area (Å²) in [7, 11) is 5.15. The van der Waals surface area contributed by atoms with Gasteiger partial charge < -0.3 is 14.2 Å². The first-order valence-electron chi connectivity index (χ1n) is 9.63. The second-order valence-corrected chi connectivity index (χ2v) is 7.48. The molecule has 1 saturated carbocycles. The van der Waals surface area contributed by atoms with Gasteiger partial charge in [-0.2, -0.15) is 5.10 Å². The number of nitrogens with zero attached hydrogens (tertiary/aromatic N) is 3. The fourth-order valence-corrected chi connectivity index (χ4v) is 4.44. The minimum Gasteiger partial charge on any atom is -0.375 e. The minimum atomic E-state index is -0.708. The Hall–Kier alpha value is -1.76. The van der Waals surface area contributed by atoms with Gasteiger partial charge in [0.15, 0.2) is 5.79 Å². The number of aryl methyl sites for hydroxylation is 2. The van der Waals surface area contributed by atoms with Crippen LogP contribution in [0.3, 0.4) is 0 Å². The van der Waals surface area contributed by atoms with Crippen molar-refractivity contribution in [3.05, 3.63) is 48.0 Å². The number of methoxy groups -OCH3 is 3. The summed E-state index contributed by atoms with van der Waals surface area (Å²) in [6.45, 7) is 2.86. The Balaban J connectivity index is 1.78. The maximum absolute atomic E-state index is 5.94. The Bertz CT molecular complexity index is 683. The molecule has 27 heavy (non-hydrogen) atoms. The molecule has 0 N–H and O–H groups in total. The molecule has 0 unspecified atom stereocenters. The van der Waals surface area contributed by atoms with Crippen LogP contribution in [0.25, 0.3) is 0 Å².